The van der Waals surface area contributed by atoms with Gasteiger partial charge in [0.15, 0.2) is 0 Å². The second-order valence-electron chi connectivity index (χ2n) is 4.75. The zero-order valence-corrected chi connectivity index (χ0v) is 12.6. The van der Waals surface area contributed by atoms with E-state index in [1.54, 1.807) is 12.1 Å². The molecule has 2 aromatic rings. The summed E-state index contributed by atoms with van der Waals surface area (Å²) in [6.45, 7) is 0. The Hall–Kier alpha value is -1.94. The monoisotopic (exact) mass is 346 g/mol. The molecule has 0 aliphatic carbocycles. The molecule has 3 rings (SSSR count). The summed E-state index contributed by atoms with van der Waals surface area (Å²) < 4.78 is 19.4. The van der Waals surface area contributed by atoms with Gasteiger partial charge >= 0.3 is 0 Å². The van der Waals surface area contributed by atoms with Crippen molar-refractivity contribution in [3.63, 3.8) is 0 Å². The maximum Gasteiger partial charge on any atom is 0.135 e. The Balaban J connectivity index is 2.18. The molecule has 2 nitrogen and oxygen atoms in total. The lowest BCUT2D eigenvalue weighted by atomic mass is 9.88. The first-order valence-corrected chi connectivity index (χ1v) is 7.63. The normalized spacial score (nSPS) is 17.1. The number of benzene rings is 2. The fraction of sp³-hybridized carbons (Fsp3) is 0.118. The summed E-state index contributed by atoms with van der Waals surface area (Å²) in [4.78, 5) is 11.6. The van der Waals surface area contributed by atoms with E-state index in [4.69, 9.17) is 4.74 Å². The van der Waals surface area contributed by atoms with Crippen LogP contribution in [0.3, 0.4) is 0 Å². The van der Waals surface area contributed by atoms with Crippen LogP contribution in [0.4, 0.5) is 4.39 Å². The highest BCUT2D eigenvalue weighted by atomic mass is 79.9. The number of fused-ring (bicyclic) bond motifs is 1. The third-order valence-corrected chi connectivity index (χ3v) is 4.10. The van der Waals surface area contributed by atoms with Crippen LogP contribution >= 0.6 is 15.9 Å². The molecule has 0 bridgehead atoms. The van der Waals surface area contributed by atoms with Crippen LogP contribution in [-0.4, -0.2) is 11.6 Å². The number of hydrogen-bond acceptors (Lipinski definition) is 2. The molecule has 21 heavy (non-hydrogen) atoms. The molecule has 1 atom stereocenters. The molecule has 1 aliphatic heterocycles. The summed E-state index contributed by atoms with van der Waals surface area (Å²) >= 11 is 3.41. The Bertz CT molecular complexity index is 724. The van der Waals surface area contributed by atoms with Crippen molar-refractivity contribution in [3.8, 4) is 5.75 Å². The highest BCUT2D eigenvalue weighted by Crippen LogP contribution is 2.41. The largest absolute Gasteiger partial charge is 0.456 e. The first kappa shape index (κ1) is 14.0. The summed E-state index contributed by atoms with van der Waals surface area (Å²) in [6, 6.07) is 13.6. The predicted octanol–water partition coefficient (Wildman–Crippen LogP) is 4.31. The predicted molar refractivity (Wildman–Crippen MR) is 83.0 cm³/mol. The van der Waals surface area contributed by atoms with E-state index in [0.717, 1.165) is 17.4 Å². The number of rotatable bonds is 3. The van der Waals surface area contributed by atoms with Crippen molar-refractivity contribution in [1.82, 2.24) is 0 Å². The number of allylic oxidation sites excluding steroid dienone is 1. The van der Waals surface area contributed by atoms with E-state index in [0.29, 0.717) is 22.4 Å². The van der Waals surface area contributed by atoms with Crippen molar-refractivity contribution >= 4 is 28.0 Å². The van der Waals surface area contributed by atoms with Crippen LogP contribution in [0.5, 0.6) is 5.75 Å². The molecule has 0 saturated heterocycles. The summed E-state index contributed by atoms with van der Waals surface area (Å²) in [5.74, 6) is 0.465. The second kappa shape index (κ2) is 5.82. The summed E-state index contributed by atoms with van der Waals surface area (Å²) in [5.41, 5.74) is 2.27. The molecular weight excluding hydrogens is 335 g/mol. The van der Waals surface area contributed by atoms with E-state index in [2.05, 4.69) is 15.9 Å². The summed E-state index contributed by atoms with van der Waals surface area (Å²) in [6.07, 6.45) is 0.900. The Morgan fingerprint density at radius 2 is 2.00 bits per heavy atom. The molecule has 0 N–H and O–H groups in total. The first-order chi connectivity index (χ1) is 10.2. The van der Waals surface area contributed by atoms with Gasteiger partial charge in [-0.05, 0) is 23.8 Å². The number of aldehydes is 1. The van der Waals surface area contributed by atoms with Gasteiger partial charge in [0.1, 0.15) is 23.6 Å². The van der Waals surface area contributed by atoms with Gasteiger partial charge in [-0.15, -0.1) is 0 Å². The third-order valence-electron chi connectivity index (χ3n) is 3.50. The smallest absolute Gasteiger partial charge is 0.135 e. The lowest BCUT2D eigenvalue weighted by Crippen LogP contribution is -2.17. The fourth-order valence-electron chi connectivity index (χ4n) is 2.51. The van der Waals surface area contributed by atoms with Gasteiger partial charge in [-0.1, -0.05) is 46.3 Å². The van der Waals surface area contributed by atoms with E-state index >= 15 is 0 Å². The third kappa shape index (κ3) is 2.51. The molecule has 0 saturated carbocycles. The molecule has 106 valence electrons. The molecule has 0 amide bonds. The van der Waals surface area contributed by atoms with Gasteiger partial charge in [-0.3, -0.25) is 0 Å². The van der Waals surface area contributed by atoms with Crippen molar-refractivity contribution in [2.75, 3.05) is 5.33 Å². The molecule has 0 aromatic heterocycles. The molecule has 0 radical (unpaired) electrons. The maximum atomic E-state index is 13.5. The highest BCUT2D eigenvalue weighted by molar-refractivity contribution is 9.09. The van der Waals surface area contributed by atoms with Gasteiger partial charge in [0.25, 0.3) is 0 Å². The standard InChI is InChI=1S/C17H12BrFO2/c18-9-14-15(10-20)13-6-1-2-7-16(13)21-17(14)11-4-3-5-12(19)8-11/h1-8,10,15H,9H2. The van der Waals surface area contributed by atoms with Gasteiger partial charge in [-0.25, -0.2) is 4.39 Å². The van der Waals surface area contributed by atoms with Crippen LogP contribution in [0.25, 0.3) is 5.76 Å². The lowest BCUT2D eigenvalue weighted by Gasteiger charge is -2.27. The zero-order chi connectivity index (χ0) is 14.8. The van der Waals surface area contributed by atoms with Crippen LogP contribution in [-0.2, 0) is 4.79 Å². The summed E-state index contributed by atoms with van der Waals surface area (Å²) in [5, 5.41) is 0.483. The average molecular weight is 347 g/mol. The van der Waals surface area contributed by atoms with Crippen LogP contribution in [0.2, 0.25) is 0 Å². The van der Waals surface area contributed by atoms with Crippen molar-refractivity contribution in [3.05, 3.63) is 71.0 Å². The summed E-state index contributed by atoms with van der Waals surface area (Å²) in [7, 11) is 0. The molecule has 1 aliphatic rings. The number of alkyl halides is 1. The first-order valence-electron chi connectivity index (χ1n) is 6.51. The second-order valence-corrected chi connectivity index (χ2v) is 5.31. The van der Waals surface area contributed by atoms with Crippen LogP contribution in [0, 0.1) is 5.82 Å². The number of carbonyl (C=O) groups excluding carboxylic acids is 1. The molecule has 4 heteroatoms. The van der Waals surface area contributed by atoms with Crippen molar-refractivity contribution < 1.29 is 13.9 Å². The zero-order valence-electron chi connectivity index (χ0n) is 11.1. The Morgan fingerprint density at radius 3 is 2.71 bits per heavy atom. The van der Waals surface area contributed by atoms with Crippen LogP contribution in [0.15, 0.2) is 54.1 Å². The molecule has 0 spiro atoms. The Morgan fingerprint density at radius 1 is 1.19 bits per heavy atom. The van der Waals surface area contributed by atoms with Gasteiger partial charge in [0, 0.05) is 16.5 Å². The van der Waals surface area contributed by atoms with Crippen LogP contribution < -0.4 is 4.74 Å². The van der Waals surface area contributed by atoms with E-state index < -0.39 is 0 Å². The topological polar surface area (TPSA) is 26.3 Å². The SMILES string of the molecule is O=CC1C(CBr)=C(c2cccc(F)c2)Oc2ccccc21. The minimum Gasteiger partial charge on any atom is -0.456 e. The Kier molecular flexibility index (Phi) is 3.88. The highest BCUT2D eigenvalue weighted by Gasteiger charge is 2.29. The molecule has 2 aromatic carbocycles. The van der Waals surface area contributed by atoms with Crippen LogP contribution in [0.1, 0.15) is 17.0 Å². The average Bonchev–Trinajstić information content (AvgIpc) is 2.52. The quantitative estimate of drug-likeness (QED) is 0.611. The fourth-order valence-corrected chi connectivity index (χ4v) is 3.11. The van der Waals surface area contributed by atoms with Gasteiger partial charge in [0.2, 0.25) is 0 Å². The molecule has 1 heterocycles. The number of ether oxygens (including phenoxy) is 1. The van der Waals surface area contributed by atoms with E-state index in [1.165, 1.54) is 12.1 Å². The number of halogens is 2. The van der Waals surface area contributed by atoms with E-state index in [9.17, 15) is 9.18 Å². The number of carbonyl (C=O) groups is 1. The van der Waals surface area contributed by atoms with Crippen molar-refractivity contribution in [2.24, 2.45) is 0 Å². The van der Waals surface area contributed by atoms with Gasteiger partial charge < -0.3 is 9.53 Å². The minimum atomic E-state index is -0.382. The number of para-hydroxylation sites is 1. The molecule has 0 fully saturated rings. The maximum absolute atomic E-state index is 13.5. The molecular formula is C17H12BrFO2. The van der Waals surface area contributed by atoms with E-state index in [-0.39, 0.29) is 11.7 Å². The molecule has 1 unspecified atom stereocenters. The Labute approximate surface area is 130 Å². The van der Waals surface area contributed by atoms with Crippen molar-refractivity contribution in [1.29, 1.82) is 0 Å². The lowest BCUT2D eigenvalue weighted by molar-refractivity contribution is -0.108. The van der Waals surface area contributed by atoms with Gasteiger partial charge in [-0.2, -0.15) is 0 Å². The van der Waals surface area contributed by atoms with Gasteiger partial charge in [0.05, 0.1) is 5.92 Å². The van der Waals surface area contributed by atoms with Crippen molar-refractivity contribution in [2.45, 2.75) is 5.92 Å². The van der Waals surface area contributed by atoms with E-state index in [1.807, 2.05) is 24.3 Å². The number of hydrogen-bond donors (Lipinski definition) is 0. The minimum absolute atomic E-state index is 0.334.